The number of nitrogens with one attached hydrogen (secondary N) is 1. The van der Waals surface area contributed by atoms with E-state index in [-0.39, 0.29) is 18.0 Å². The zero-order valence-electron chi connectivity index (χ0n) is 16.2. The van der Waals surface area contributed by atoms with Crippen LogP contribution in [-0.2, 0) is 13.1 Å². The third-order valence-corrected chi connectivity index (χ3v) is 5.66. The predicted octanol–water partition coefficient (Wildman–Crippen LogP) is 4.58. The Bertz CT molecular complexity index is 1230. The number of ether oxygens (including phenoxy) is 1. The van der Waals surface area contributed by atoms with Gasteiger partial charge in [0.25, 0.3) is 11.5 Å². The standard InChI is InChI=1S/C23H19FN2O3S/c1-29-19-9-6-16-11-17(22(27)25-21(16)12-19)13-26(14-20-3-2-10-30-20)23(28)15-4-7-18(24)8-5-15/h2-12H,13-14H2,1H3,(H,25,27). The maximum Gasteiger partial charge on any atom is 0.254 e. The lowest BCUT2D eigenvalue weighted by Crippen LogP contribution is -2.32. The molecule has 0 saturated heterocycles. The molecule has 5 nitrogen and oxygen atoms in total. The predicted molar refractivity (Wildman–Crippen MR) is 115 cm³/mol. The third kappa shape index (κ3) is 4.26. The fourth-order valence-electron chi connectivity index (χ4n) is 3.24. The van der Waals surface area contributed by atoms with Crippen LogP contribution in [0.1, 0.15) is 20.8 Å². The summed E-state index contributed by atoms with van der Waals surface area (Å²) in [5.41, 5.74) is 1.24. The maximum atomic E-state index is 13.3. The highest BCUT2D eigenvalue weighted by atomic mass is 32.1. The first kappa shape index (κ1) is 19.8. The van der Waals surface area contributed by atoms with Gasteiger partial charge >= 0.3 is 0 Å². The van der Waals surface area contributed by atoms with Crippen LogP contribution in [0, 0.1) is 5.82 Å². The minimum atomic E-state index is -0.405. The van der Waals surface area contributed by atoms with E-state index in [4.69, 9.17) is 4.74 Å². The van der Waals surface area contributed by atoms with Crippen molar-refractivity contribution in [2.24, 2.45) is 0 Å². The molecule has 0 fully saturated rings. The minimum Gasteiger partial charge on any atom is -0.497 e. The molecule has 0 bridgehead atoms. The lowest BCUT2D eigenvalue weighted by atomic mass is 10.1. The van der Waals surface area contributed by atoms with E-state index < -0.39 is 5.82 Å². The Labute approximate surface area is 176 Å². The summed E-state index contributed by atoms with van der Waals surface area (Å²) in [4.78, 5) is 31.3. The van der Waals surface area contributed by atoms with Crippen molar-refractivity contribution in [3.8, 4) is 5.75 Å². The van der Waals surface area contributed by atoms with Crippen molar-refractivity contribution in [3.63, 3.8) is 0 Å². The summed E-state index contributed by atoms with van der Waals surface area (Å²) in [7, 11) is 1.57. The largest absolute Gasteiger partial charge is 0.497 e. The van der Waals surface area contributed by atoms with E-state index in [1.807, 2.05) is 29.6 Å². The van der Waals surface area contributed by atoms with Crippen LogP contribution in [0.15, 0.2) is 70.8 Å². The second-order valence-electron chi connectivity index (χ2n) is 6.82. The number of aromatic amines is 1. The molecular weight excluding hydrogens is 403 g/mol. The van der Waals surface area contributed by atoms with Crippen molar-refractivity contribution >= 4 is 28.1 Å². The van der Waals surface area contributed by atoms with Gasteiger partial charge in [0.15, 0.2) is 0 Å². The Morgan fingerprint density at radius 3 is 2.60 bits per heavy atom. The number of carbonyl (C=O) groups is 1. The van der Waals surface area contributed by atoms with Gasteiger partial charge in [0.05, 0.1) is 25.7 Å². The molecule has 7 heteroatoms. The molecule has 2 heterocycles. The van der Waals surface area contributed by atoms with Crippen LogP contribution < -0.4 is 10.3 Å². The van der Waals surface area contributed by atoms with Crippen LogP contribution in [0.4, 0.5) is 4.39 Å². The fourth-order valence-corrected chi connectivity index (χ4v) is 3.96. The first-order valence-corrected chi connectivity index (χ1v) is 10.2. The average Bonchev–Trinajstić information content (AvgIpc) is 3.26. The molecule has 4 aromatic rings. The summed E-state index contributed by atoms with van der Waals surface area (Å²) < 4.78 is 18.5. The molecule has 0 radical (unpaired) electrons. The van der Waals surface area contributed by atoms with E-state index in [0.29, 0.717) is 28.9 Å². The van der Waals surface area contributed by atoms with Gasteiger partial charge in [-0.2, -0.15) is 0 Å². The molecule has 0 unspecified atom stereocenters. The highest BCUT2D eigenvalue weighted by molar-refractivity contribution is 7.09. The minimum absolute atomic E-state index is 0.130. The molecule has 152 valence electrons. The molecule has 1 amide bonds. The van der Waals surface area contributed by atoms with Gasteiger partial charge < -0.3 is 14.6 Å². The summed E-state index contributed by atoms with van der Waals surface area (Å²) in [6, 6.07) is 16.5. The van der Waals surface area contributed by atoms with Crippen LogP contribution in [-0.4, -0.2) is 22.9 Å². The van der Waals surface area contributed by atoms with Gasteiger partial charge in [-0.25, -0.2) is 4.39 Å². The van der Waals surface area contributed by atoms with Gasteiger partial charge in [0, 0.05) is 22.1 Å². The number of fused-ring (bicyclic) bond motifs is 1. The number of methoxy groups -OCH3 is 1. The summed E-state index contributed by atoms with van der Waals surface area (Å²) in [5.74, 6) is -0.0212. The highest BCUT2D eigenvalue weighted by Gasteiger charge is 2.19. The monoisotopic (exact) mass is 422 g/mol. The number of carbonyl (C=O) groups excluding carboxylic acids is 1. The number of aromatic nitrogens is 1. The molecule has 2 aromatic carbocycles. The van der Waals surface area contributed by atoms with Crippen molar-refractivity contribution in [1.29, 1.82) is 0 Å². The lowest BCUT2D eigenvalue weighted by Gasteiger charge is -2.22. The third-order valence-electron chi connectivity index (χ3n) is 4.80. The SMILES string of the molecule is COc1ccc2cc(CN(Cc3cccs3)C(=O)c3ccc(F)cc3)c(=O)[nH]c2c1. The normalized spacial score (nSPS) is 10.9. The van der Waals surface area contributed by atoms with Gasteiger partial charge in [0.2, 0.25) is 0 Å². The summed E-state index contributed by atoms with van der Waals surface area (Å²) in [6.45, 7) is 0.485. The summed E-state index contributed by atoms with van der Waals surface area (Å²) in [6.07, 6.45) is 0. The molecule has 0 saturated carbocycles. The molecule has 0 aliphatic carbocycles. The zero-order valence-corrected chi connectivity index (χ0v) is 17.0. The zero-order chi connectivity index (χ0) is 21.1. The van der Waals surface area contributed by atoms with Gasteiger partial charge in [-0.3, -0.25) is 9.59 Å². The van der Waals surface area contributed by atoms with Crippen molar-refractivity contribution in [3.05, 3.63) is 98.2 Å². The fraction of sp³-hybridized carbons (Fsp3) is 0.130. The van der Waals surface area contributed by atoms with E-state index in [1.165, 1.54) is 35.6 Å². The Balaban J connectivity index is 1.68. The van der Waals surface area contributed by atoms with Crippen LogP contribution >= 0.6 is 11.3 Å². The van der Waals surface area contributed by atoms with Gasteiger partial charge in [-0.15, -0.1) is 11.3 Å². The first-order valence-electron chi connectivity index (χ1n) is 9.30. The van der Waals surface area contributed by atoms with Crippen molar-refractivity contribution < 1.29 is 13.9 Å². The number of pyridine rings is 1. The van der Waals surface area contributed by atoms with E-state index in [1.54, 1.807) is 24.1 Å². The molecule has 1 N–H and O–H groups in total. The van der Waals surface area contributed by atoms with E-state index in [0.717, 1.165) is 10.3 Å². The molecule has 0 aliphatic heterocycles. The summed E-state index contributed by atoms with van der Waals surface area (Å²) >= 11 is 1.53. The lowest BCUT2D eigenvalue weighted by molar-refractivity contribution is 0.0731. The van der Waals surface area contributed by atoms with Crippen LogP contribution in [0.3, 0.4) is 0 Å². The number of hydrogen-bond donors (Lipinski definition) is 1. The Morgan fingerprint density at radius 1 is 1.10 bits per heavy atom. The quantitative estimate of drug-likeness (QED) is 0.495. The average molecular weight is 422 g/mol. The van der Waals surface area contributed by atoms with Crippen LogP contribution in [0.5, 0.6) is 5.75 Å². The molecule has 2 aromatic heterocycles. The Kier molecular flexibility index (Phi) is 5.63. The van der Waals surface area contributed by atoms with Gasteiger partial charge in [-0.05, 0) is 59.3 Å². The number of hydrogen-bond acceptors (Lipinski definition) is 4. The molecule has 30 heavy (non-hydrogen) atoms. The number of halogens is 1. The number of H-pyrrole nitrogens is 1. The highest BCUT2D eigenvalue weighted by Crippen LogP contribution is 2.21. The number of rotatable bonds is 6. The smallest absolute Gasteiger partial charge is 0.254 e. The van der Waals surface area contributed by atoms with E-state index >= 15 is 0 Å². The Hall–Kier alpha value is -3.45. The van der Waals surface area contributed by atoms with Gasteiger partial charge in [0.1, 0.15) is 11.6 Å². The second kappa shape index (κ2) is 8.51. The van der Waals surface area contributed by atoms with Crippen LogP contribution in [0.25, 0.3) is 10.9 Å². The summed E-state index contributed by atoms with van der Waals surface area (Å²) in [5, 5.41) is 2.78. The number of benzene rings is 2. The molecule has 0 spiro atoms. The molecule has 0 atom stereocenters. The molecule has 4 rings (SSSR count). The van der Waals surface area contributed by atoms with Crippen LogP contribution in [0.2, 0.25) is 0 Å². The van der Waals surface area contributed by atoms with Gasteiger partial charge in [-0.1, -0.05) is 6.07 Å². The van der Waals surface area contributed by atoms with E-state index in [2.05, 4.69) is 4.98 Å². The second-order valence-corrected chi connectivity index (χ2v) is 7.86. The number of amides is 1. The molecular formula is C23H19FN2O3S. The number of nitrogens with zero attached hydrogens (tertiary/aromatic N) is 1. The maximum absolute atomic E-state index is 13.3. The first-order chi connectivity index (χ1) is 14.5. The Morgan fingerprint density at radius 2 is 1.90 bits per heavy atom. The number of thiophene rings is 1. The van der Waals surface area contributed by atoms with Crippen molar-refractivity contribution in [2.75, 3.05) is 7.11 Å². The topological polar surface area (TPSA) is 62.4 Å². The van der Waals surface area contributed by atoms with Crippen molar-refractivity contribution in [2.45, 2.75) is 13.1 Å². The van der Waals surface area contributed by atoms with Crippen molar-refractivity contribution in [1.82, 2.24) is 9.88 Å². The molecule has 0 aliphatic rings. The van der Waals surface area contributed by atoms with E-state index in [9.17, 15) is 14.0 Å².